The summed E-state index contributed by atoms with van der Waals surface area (Å²) in [5.74, 6) is 0.953. The molecule has 0 saturated carbocycles. The summed E-state index contributed by atoms with van der Waals surface area (Å²) in [5, 5.41) is 4.62. The SMILES string of the molecule is Cc1c(N)cccc1-c1nc(-c2cccc(Cl)c2)no1. The molecule has 3 rings (SSSR count). The normalized spacial score (nSPS) is 10.7. The van der Waals surface area contributed by atoms with Crippen LogP contribution in [-0.2, 0) is 0 Å². The van der Waals surface area contributed by atoms with Gasteiger partial charge in [0.25, 0.3) is 5.89 Å². The molecule has 5 heteroatoms. The Morgan fingerprint density at radius 1 is 1.15 bits per heavy atom. The minimum absolute atomic E-state index is 0.449. The minimum Gasteiger partial charge on any atom is -0.398 e. The van der Waals surface area contributed by atoms with Gasteiger partial charge in [0.15, 0.2) is 0 Å². The summed E-state index contributed by atoms with van der Waals surface area (Å²) >= 11 is 5.96. The molecule has 0 aliphatic heterocycles. The van der Waals surface area contributed by atoms with Crippen LogP contribution in [0.4, 0.5) is 5.69 Å². The second-order valence-corrected chi connectivity index (χ2v) is 4.89. The van der Waals surface area contributed by atoms with E-state index < -0.39 is 0 Å². The van der Waals surface area contributed by atoms with Gasteiger partial charge in [0.05, 0.1) is 0 Å². The number of hydrogen-bond donors (Lipinski definition) is 1. The fourth-order valence-corrected chi connectivity index (χ4v) is 2.15. The van der Waals surface area contributed by atoms with E-state index >= 15 is 0 Å². The maximum atomic E-state index is 5.96. The smallest absolute Gasteiger partial charge is 0.258 e. The van der Waals surface area contributed by atoms with Crippen LogP contribution in [0.25, 0.3) is 22.8 Å². The third kappa shape index (κ3) is 2.26. The Kier molecular flexibility index (Phi) is 3.16. The molecule has 2 N–H and O–H groups in total. The fraction of sp³-hybridized carbons (Fsp3) is 0.0667. The van der Waals surface area contributed by atoms with E-state index in [-0.39, 0.29) is 0 Å². The highest BCUT2D eigenvalue weighted by atomic mass is 35.5. The zero-order valence-electron chi connectivity index (χ0n) is 10.8. The number of anilines is 1. The van der Waals surface area contributed by atoms with Crippen molar-refractivity contribution in [2.45, 2.75) is 6.92 Å². The van der Waals surface area contributed by atoms with Crippen molar-refractivity contribution in [2.75, 3.05) is 5.73 Å². The van der Waals surface area contributed by atoms with Crippen molar-refractivity contribution >= 4 is 17.3 Å². The van der Waals surface area contributed by atoms with Gasteiger partial charge in [0, 0.05) is 21.8 Å². The van der Waals surface area contributed by atoms with Gasteiger partial charge in [-0.2, -0.15) is 4.98 Å². The van der Waals surface area contributed by atoms with Gasteiger partial charge in [-0.25, -0.2) is 0 Å². The van der Waals surface area contributed by atoms with E-state index in [1.165, 1.54) is 0 Å². The van der Waals surface area contributed by atoms with Crippen LogP contribution >= 0.6 is 11.6 Å². The van der Waals surface area contributed by atoms with E-state index in [2.05, 4.69) is 10.1 Å². The summed E-state index contributed by atoms with van der Waals surface area (Å²) in [4.78, 5) is 4.40. The van der Waals surface area contributed by atoms with E-state index in [1.807, 2.05) is 37.3 Å². The van der Waals surface area contributed by atoms with Crippen molar-refractivity contribution in [1.29, 1.82) is 0 Å². The molecule has 0 saturated heterocycles. The summed E-state index contributed by atoms with van der Waals surface area (Å²) in [6, 6.07) is 12.9. The molecule has 0 spiro atoms. The monoisotopic (exact) mass is 285 g/mol. The molecular weight excluding hydrogens is 274 g/mol. The lowest BCUT2D eigenvalue weighted by Gasteiger charge is -2.03. The van der Waals surface area contributed by atoms with Crippen LogP contribution in [0, 0.1) is 6.92 Å². The molecule has 0 radical (unpaired) electrons. The first kappa shape index (κ1) is 12.7. The highest BCUT2D eigenvalue weighted by molar-refractivity contribution is 6.30. The molecule has 0 aliphatic carbocycles. The number of nitrogen functional groups attached to an aromatic ring is 1. The van der Waals surface area contributed by atoms with Gasteiger partial charge in [0.2, 0.25) is 5.82 Å². The van der Waals surface area contributed by atoms with Crippen LogP contribution in [-0.4, -0.2) is 10.1 Å². The molecule has 0 fully saturated rings. The van der Waals surface area contributed by atoms with Gasteiger partial charge >= 0.3 is 0 Å². The van der Waals surface area contributed by atoms with Crippen molar-refractivity contribution in [3.63, 3.8) is 0 Å². The first-order valence-corrected chi connectivity index (χ1v) is 6.48. The largest absolute Gasteiger partial charge is 0.398 e. The van der Waals surface area contributed by atoms with Gasteiger partial charge in [-0.05, 0) is 36.8 Å². The molecule has 0 unspecified atom stereocenters. The predicted octanol–water partition coefficient (Wildman–Crippen LogP) is 3.95. The van der Waals surface area contributed by atoms with Crippen molar-refractivity contribution in [2.24, 2.45) is 0 Å². The average Bonchev–Trinajstić information content (AvgIpc) is 2.91. The lowest BCUT2D eigenvalue weighted by molar-refractivity contribution is 0.432. The van der Waals surface area contributed by atoms with Gasteiger partial charge in [-0.1, -0.05) is 35.0 Å². The maximum Gasteiger partial charge on any atom is 0.258 e. The summed E-state index contributed by atoms with van der Waals surface area (Å²) in [7, 11) is 0. The second-order valence-electron chi connectivity index (χ2n) is 4.45. The maximum absolute atomic E-state index is 5.96. The first-order chi connectivity index (χ1) is 9.65. The van der Waals surface area contributed by atoms with Crippen LogP contribution in [0.5, 0.6) is 0 Å². The van der Waals surface area contributed by atoms with Crippen LogP contribution in [0.3, 0.4) is 0 Å². The standard InChI is InChI=1S/C15H12ClN3O/c1-9-12(6-3-7-13(9)17)15-18-14(19-20-15)10-4-2-5-11(16)8-10/h2-8H,17H2,1H3. The Balaban J connectivity index is 2.04. The number of nitrogens with two attached hydrogens (primary N) is 1. The molecule has 4 nitrogen and oxygen atoms in total. The van der Waals surface area contributed by atoms with E-state index in [0.29, 0.717) is 22.4 Å². The van der Waals surface area contributed by atoms with Gasteiger partial charge < -0.3 is 10.3 Å². The zero-order valence-corrected chi connectivity index (χ0v) is 11.6. The highest BCUT2D eigenvalue weighted by Crippen LogP contribution is 2.28. The number of nitrogens with zero attached hydrogens (tertiary/aromatic N) is 2. The number of hydrogen-bond acceptors (Lipinski definition) is 4. The Labute approximate surface area is 121 Å². The number of halogens is 1. The molecule has 0 atom stereocenters. The molecule has 2 aromatic carbocycles. The van der Waals surface area contributed by atoms with Crippen LogP contribution in [0.15, 0.2) is 47.0 Å². The minimum atomic E-state index is 0.449. The molecule has 1 aromatic heterocycles. The quantitative estimate of drug-likeness (QED) is 0.724. The summed E-state index contributed by atoms with van der Waals surface area (Å²) < 4.78 is 5.32. The molecule has 20 heavy (non-hydrogen) atoms. The van der Waals surface area contributed by atoms with E-state index in [1.54, 1.807) is 12.1 Å². The van der Waals surface area contributed by atoms with E-state index in [4.69, 9.17) is 21.9 Å². The highest BCUT2D eigenvalue weighted by Gasteiger charge is 2.13. The molecule has 0 bridgehead atoms. The van der Waals surface area contributed by atoms with Crippen molar-refractivity contribution in [3.05, 3.63) is 53.1 Å². The van der Waals surface area contributed by atoms with E-state index in [9.17, 15) is 0 Å². The third-order valence-electron chi connectivity index (χ3n) is 3.11. The lowest BCUT2D eigenvalue weighted by Crippen LogP contribution is -1.92. The first-order valence-electron chi connectivity index (χ1n) is 6.10. The van der Waals surface area contributed by atoms with E-state index in [0.717, 1.165) is 16.7 Å². The zero-order chi connectivity index (χ0) is 14.1. The van der Waals surface area contributed by atoms with Crippen molar-refractivity contribution < 1.29 is 4.52 Å². The molecular formula is C15H12ClN3O. The van der Waals surface area contributed by atoms with Crippen LogP contribution in [0.2, 0.25) is 5.02 Å². The lowest BCUT2D eigenvalue weighted by atomic mass is 10.1. The summed E-state index contributed by atoms with van der Waals surface area (Å²) in [6.07, 6.45) is 0. The summed E-state index contributed by atoms with van der Waals surface area (Å²) in [5.41, 5.74) is 9.16. The molecule has 0 amide bonds. The van der Waals surface area contributed by atoms with Crippen molar-refractivity contribution in [3.8, 4) is 22.8 Å². The predicted molar refractivity (Wildman–Crippen MR) is 79.3 cm³/mol. The molecule has 3 aromatic rings. The van der Waals surface area contributed by atoms with Crippen molar-refractivity contribution in [1.82, 2.24) is 10.1 Å². The average molecular weight is 286 g/mol. The Morgan fingerprint density at radius 2 is 1.95 bits per heavy atom. The number of rotatable bonds is 2. The Hall–Kier alpha value is -2.33. The Morgan fingerprint density at radius 3 is 2.75 bits per heavy atom. The van der Waals surface area contributed by atoms with Gasteiger partial charge in [-0.3, -0.25) is 0 Å². The van der Waals surface area contributed by atoms with Crippen LogP contribution in [0.1, 0.15) is 5.56 Å². The molecule has 100 valence electrons. The molecule has 0 aliphatic rings. The van der Waals surface area contributed by atoms with Gasteiger partial charge in [0.1, 0.15) is 0 Å². The van der Waals surface area contributed by atoms with Crippen LogP contribution < -0.4 is 5.73 Å². The number of aromatic nitrogens is 2. The second kappa shape index (κ2) is 4.98. The Bertz CT molecular complexity index is 767. The fourth-order valence-electron chi connectivity index (χ4n) is 1.96. The summed E-state index contributed by atoms with van der Waals surface area (Å²) in [6.45, 7) is 1.92. The topological polar surface area (TPSA) is 64.9 Å². The van der Waals surface area contributed by atoms with Gasteiger partial charge in [-0.15, -0.1) is 0 Å². The number of benzene rings is 2. The molecule has 1 heterocycles. The third-order valence-corrected chi connectivity index (χ3v) is 3.35.